The lowest BCUT2D eigenvalue weighted by atomic mass is 10.3. The Labute approximate surface area is 85.7 Å². The van der Waals surface area contributed by atoms with Gasteiger partial charge in [0.25, 0.3) is 0 Å². The minimum absolute atomic E-state index is 0.511. The molecule has 2 N–H and O–H groups in total. The van der Waals surface area contributed by atoms with Crippen LogP contribution in [0.5, 0.6) is 5.75 Å². The molecule has 0 aliphatic carbocycles. The molecular formula is C9H11BrN2O. The third-order valence-electron chi connectivity index (χ3n) is 1.44. The molecule has 0 saturated carbocycles. The van der Waals surface area contributed by atoms with Gasteiger partial charge in [-0.2, -0.15) is 0 Å². The molecule has 0 atom stereocenters. The van der Waals surface area contributed by atoms with Gasteiger partial charge in [-0.1, -0.05) is 15.9 Å². The van der Waals surface area contributed by atoms with Crippen molar-refractivity contribution in [2.24, 2.45) is 10.7 Å². The van der Waals surface area contributed by atoms with Crippen molar-refractivity contribution < 1.29 is 4.74 Å². The smallest absolute Gasteiger partial charge is 0.144 e. The summed E-state index contributed by atoms with van der Waals surface area (Å²) in [5.74, 6) is 1.23. The van der Waals surface area contributed by atoms with Crippen LogP contribution >= 0.6 is 15.9 Å². The molecule has 0 amide bonds. The Hall–Kier alpha value is -1.03. The summed E-state index contributed by atoms with van der Waals surface area (Å²) in [6.07, 6.45) is 0. The molecule has 0 aromatic heterocycles. The van der Waals surface area contributed by atoms with E-state index in [4.69, 9.17) is 10.5 Å². The Balaban J connectivity index is 3.16. The third-order valence-corrected chi connectivity index (χ3v) is 1.93. The van der Waals surface area contributed by atoms with E-state index in [9.17, 15) is 0 Å². The zero-order chi connectivity index (χ0) is 9.84. The Kier molecular flexibility index (Phi) is 3.31. The van der Waals surface area contributed by atoms with Gasteiger partial charge in [0.15, 0.2) is 0 Å². The Morgan fingerprint density at radius 2 is 2.23 bits per heavy atom. The van der Waals surface area contributed by atoms with Gasteiger partial charge in [-0.3, -0.25) is 0 Å². The van der Waals surface area contributed by atoms with E-state index in [1.165, 1.54) is 0 Å². The van der Waals surface area contributed by atoms with Crippen molar-refractivity contribution in [2.45, 2.75) is 6.92 Å². The molecule has 0 unspecified atom stereocenters. The summed E-state index contributed by atoms with van der Waals surface area (Å²) in [5.41, 5.74) is 6.21. The highest BCUT2D eigenvalue weighted by atomic mass is 79.9. The molecule has 0 fully saturated rings. The molecule has 0 aliphatic rings. The van der Waals surface area contributed by atoms with Crippen molar-refractivity contribution in [3.8, 4) is 5.75 Å². The SMILES string of the molecule is COc1ccc(Br)cc1N=C(C)N. The quantitative estimate of drug-likeness (QED) is 0.640. The summed E-state index contributed by atoms with van der Waals surface area (Å²) < 4.78 is 6.07. The van der Waals surface area contributed by atoms with Crippen LogP contribution < -0.4 is 10.5 Å². The maximum atomic E-state index is 5.48. The van der Waals surface area contributed by atoms with Crippen LogP contribution in [0.4, 0.5) is 5.69 Å². The van der Waals surface area contributed by atoms with Crippen LogP contribution in [0.3, 0.4) is 0 Å². The number of benzene rings is 1. The molecule has 0 bridgehead atoms. The van der Waals surface area contributed by atoms with Crippen molar-refractivity contribution in [3.05, 3.63) is 22.7 Å². The van der Waals surface area contributed by atoms with Crippen molar-refractivity contribution in [3.63, 3.8) is 0 Å². The number of methoxy groups -OCH3 is 1. The molecule has 0 saturated heterocycles. The summed E-state index contributed by atoms with van der Waals surface area (Å²) in [5, 5.41) is 0. The van der Waals surface area contributed by atoms with Gasteiger partial charge in [0.2, 0.25) is 0 Å². The van der Waals surface area contributed by atoms with Gasteiger partial charge >= 0.3 is 0 Å². The minimum Gasteiger partial charge on any atom is -0.494 e. The topological polar surface area (TPSA) is 47.6 Å². The second kappa shape index (κ2) is 4.28. The Morgan fingerprint density at radius 3 is 2.77 bits per heavy atom. The standard InChI is InChI=1S/C9H11BrN2O/c1-6(11)12-8-5-7(10)3-4-9(8)13-2/h3-5H,1-2H3,(H2,11,12). The van der Waals surface area contributed by atoms with Crippen LogP contribution in [0, 0.1) is 0 Å². The molecule has 1 aromatic rings. The van der Waals surface area contributed by atoms with Gasteiger partial charge in [-0.05, 0) is 25.1 Å². The molecule has 4 heteroatoms. The summed E-state index contributed by atoms with van der Waals surface area (Å²) in [6.45, 7) is 1.74. The number of ether oxygens (including phenoxy) is 1. The highest BCUT2D eigenvalue weighted by Gasteiger charge is 2.01. The fraction of sp³-hybridized carbons (Fsp3) is 0.222. The van der Waals surface area contributed by atoms with Gasteiger partial charge < -0.3 is 10.5 Å². The molecule has 0 spiro atoms. The third kappa shape index (κ3) is 2.73. The second-order valence-corrected chi connectivity index (χ2v) is 3.49. The summed E-state index contributed by atoms with van der Waals surface area (Å²) in [6, 6.07) is 5.59. The predicted octanol–water partition coefficient (Wildman–Crippen LogP) is 2.47. The van der Waals surface area contributed by atoms with Gasteiger partial charge in [0, 0.05) is 4.47 Å². The highest BCUT2D eigenvalue weighted by Crippen LogP contribution is 2.30. The number of hydrogen-bond donors (Lipinski definition) is 1. The maximum absolute atomic E-state index is 5.48. The molecule has 1 rings (SSSR count). The van der Waals surface area contributed by atoms with Crippen molar-refractivity contribution in [1.29, 1.82) is 0 Å². The van der Waals surface area contributed by atoms with E-state index in [-0.39, 0.29) is 0 Å². The highest BCUT2D eigenvalue weighted by molar-refractivity contribution is 9.10. The lowest BCUT2D eigenvalue weighted by Crippen LogP contribution is -2.04. The first kappa shape index (κ1) is 10.1. The molecular weight excluding hydrogens is 232 g/mol. The van der Waals surface area contributed by atoms with Crippen LogP contribution in [0.2, 0.25) is 0 Å². The fourth-order valence-corrected chi connectivity index (χ4v) is 1.29. The van der Waals surface area contributed by atoms with E-state index in [1.807, 2.05) is 18.2 Å². The van der Waals surface area contributed by atoms with E-state index >= 15 is 0 Å². The molecule has 13 heavy (non-hydrogen) atoms. The molecule has 0 radical (unpaired) electrons. The average Bonchev–Trinajstić information content (AvgIpc) is 2.03. The number of nitrogens with zero attached hydrogens (tertiary/aromatic N) is 1. The molecule has 0 aliphatic heterocycles. The van der Waals surface area contributed by atoms with Crippen molar-refractivity contribution in [2.75, 3.05) is 7.11 Å². The zero-order valence-corrected chi connectivity index (χ0v) is 9.13. The van der Waals surface area contributed by atoms with Crippen LogP contribution in [0.15, 0.2) is 27.7 Å². The average molecular weight is 243 g/mol. The first-order chi connectivity index (χ1) is 6.13. The second-order valence-electron chi connectivity index (χ2n) is 2.57. The summed E-state index contributed by atoms with van der Waals surface area (Å²) in [7, 11) is 1.61. The summed E-state index contributed by atoms with van der Waals surface area (Å²) in [4.78, 5) is 4.13. The van der Waals surface area contributed by atoms with Crippen LogP contribution in [0.1, 0.15) is 6.92 Å². The van der Waals surface area contributed by atoms with Crippen LogP contribution in [-0.2, 0) is 0 Å². The zero-order valence-electron chi connectivity index (χ0n) is 7.54. The van der Waals surface area contributed by atoms with Crippen molar-refractivity contribution >= 4 is 27.5 Å². The van der Waals surface area contributed by atoms with Gasteiger partial charge in [0.05, 0.1) is 12.9 Å². The molecule has 0 heterocycles. The fourth-order valence-electron chi connectivity index (χ4n) is 0.941. The molecule has 70 valence electrons. The van der Waals surface area contributed by atoms with E-state index in [0.29, 0.717) is 11.6 Å². The van der Waals surface area contributed by atoms with Gasteiger partial charge in [-0.15, -0.1) is 0 Å². The van der Waals surface area contributed by atoms with Gasteiger partial charge in [-0.25, -0.2) is 4.99 Å². The predicted molar refractivity (Wildman–Crippen MR) is 57.7 cm³/mol. The van der Waals surface area contributed by atoms with Crippen LogP contribution in [0.25, 0.3) is 0 Å². The lowest BCUT2D eigenvalue weighted by Gasteiger charge is -2.04. The van der Waals surface area contributed by atoms with Crippen molar-refractivity contribution in [1.82, 2.24) is 0 Å². The normalized spacial score (nSPS) is 11.5. The van der Waals surface area contributed by atoms with E-state index in [0.717, 1.165) is 10.2 Å². The maximum Gasteiger partial charge on any atom is 0.144 e. The van der Waals surface area contributed by atoms with E-state index < -0.39 is 0 Å². The van der Waals surface area contributed by atoms with Gasteiger partial charge in [0.1, 0.15) is 11.4 Å². The minimum atomic E-state index is 0.511. The first-order valence-electron chi connectivity index (χ1n) is 3.78. The lowest BCUT2D eigenvalue weighted by molar-refractivity contribution is 0.416. The summed E-state index contributed by atoms with van der Waals surface area (Å²) >= 11 is 3.35. The number of rotatable bonds is 2. The molecule has 1 aromatic carbocycles. The number of hydrogen-bond acceptors (Lipinski definition) is 2. The van der Waals surface area contributed by atoms with E-state index in [2.05, 4.69) is 20.9 Å². The monoisotopic (exact) mass is 242 g/mol. The molecule has 3 nitrogen and oxygen atoms in total. The number of aliphatic imine (C=N–C) groups is 1. The largest absolute Gasteiger partial charge is 0.494 e. The number of nitrogens with two attached hydrogens (primary N) is 1. The number of halogens is 1. The Morgan fingerprint density at radius 1 is 1.54 bits per heavy atom. The van der Waals surface area contributed by atoms with E-state index in [1.54, 1.807) is 14.0 Å². The first-order valence-corrected chi connectivity index (χ1v) is 4.57. The number of amidine groups is 1. The van der Waals surface area contributed by atoms with Crippen LogP contribution in [-0.4, -0.2) is 12.9 Å². The Bertz CT molecular complexity index is 332.